The molecule has 1 aromatic carbocycles. The van der Waals surface area contributed by atoms with E-state index in [1.807, 2.05) is 24.3 Å². The number of para-hydroxylation sites is 2. The van der Waals surface area contributed by atoms with Crippen LogP contribution in [0.3, 0.4) is 0 Å². The summed E-state index contributed by atoms with van der Waals surface area (Å²) in [7, 11) is -2.12. The predicted molar refractivity (Wildman–Crippen MR) is 52.3 cm³/mol. The lowest BCUT2D eigenvalue weighted by Gasteiger charge is -1.81. The Morgan fingerprint density at radius 3 is 2.54 bits per heavy atom. The largest absolute Gasteiger partial charge is 0.345 e. The predicted octanol–water partition coefficient (Wildman–Crippen LogP) is 0.790. The molecule has 0 aliphatic carbocycles. The lowest BCUT2D eigenvalue weighted by atomic mass is 10.3. The molecule has 5 heteroatoms. The lowest BCUT2D eigenvalue weighted by Crippen LogP contribution is -1.63. The van der Waals surface area contributed by atoms with Gasteiger partial charge in [-0.1, -0.05) is 12.1 Å². The van der Waals surface area contributed by atoms with Gasteiger partial charge in [-0.2, -0.15) is 0 Å². The number of aromatic amines is 1. The number of H-pyrrole nitrogens is 1. The summed E-state index contributed by atoms with van der Waals surface area (Å²) in [5.41, 5.74) is 2.12. The third kappa shape index (κ3) is 3.25. The van der Waals surface area contributed by atoms with E-state index in [-0.39, 0.29) is 0 Å². The third-order valence-corrected chi connectivity index (χ3v) is 1.33. The first-order valence-corrected chi connectivity index (χ1v) is 5.28. The molecule has 2 aromatic rings. The summed E-state index contributed by atoms with van der Waals surface area (Å²) in [4.78, 5) is 7.07. The highest BCUT2D eigenvalue weighted by molar-refractivity contribution is 7.71. The number of hydrogen-bond donors (Lipinski definition) is 2. The average Bonchev–Trinajstić information content (AvgIpc) is 2.49. The zero-order valence-corrected chi connectivity index (χ0v) is 7.99. The lowest BCUT2D eigenvalue weighted by molar-refractivity contribution is 0.619. The molecule has 0 unspecified atom stereocenters. The molecule has 0 saturated carbocycles. The van der Waals surface area contributed by atoms with Gasteiger partial charge >= 0.3 is 0 Å². The minimum Gasteiger partial charge on any atom is -0.345 e. The highest BCUT2D eigenvalue weighted by Crippen LogP contribution is 2.05. The first-order chi connectivity index (χ1) is 6.20. The van der Waals surface area contributed by atoms with E-state index in [1.54, 1.807) is 6.33 Å². The highest BCUT2D eigenvalue weighted by Gasteiger charge is 1.88. The Balaban J connectivity index is 0.000000184. The van der Waals surface area contributed by atoms with Crippen molar-refractivity contribution < 1.29 is 8.42 Å². The Kier molecular flexibility index (Phi) is 3.45. The van der Waals surface area contributed by atoms with Crippen LogP contribution >= 0.6 is 0 Å². The summed E-state index contributed by atoms with van der Waals surface area (Å²) in [6.07, 6.45) is 2.82. The maximum atomic E-state index is 9.04. The second-order valence-corrected chi connectivity index (χ2v) is 3.24. The van der Waals surface area contributed by atoms with Crippen LogP contribution in [0.5, 0.6) is 0 Å². The number of fused-ring (bicyclic) bond motifs is 1. The molecule has 70 valence electrons. The van der Waals surface area contributed by atoms with Crippen molar-refractivity contribution in [2.45, 2.75) is 0 Å². The second kappa shape index (κ2) is 4.61. The van der Waals surface area contributed by atoms with Gasteiger partial charge < -0.3 is 4.98 Å². The Hall–Kier alpha value is -1.36. The first kappa shape index (κ1) is 9.73. The number of nitrogens with zero attached hydrogens (tertiary/aromatic N) is 1. The summed E-state index contributed by atoms with van der Waals surface area (Å²) < 4.78 is 18.1. The molecule has 1 aromatic heterocycles. The van der Waals surface area contributed by atoms with E-state index in [0.29, 0.717) is 0 Å². The van der Waals surface area contributed by atoms with Crippen LogP contribution in [0.2, 0.25) is 0 Å². The first-order valence-electron chi connectivity index (χ1n) is 3.66. The third-order valence-electron chi connectivity index (χ3n) is 1.33. The molecule has 2 rings (SSSR count). The number of aromatic nitrogens is 2. The average molecular weight is 198 g/mol. The Bertz CT molecular complexity index is 410. The summed E-state index contributed by atoms with van der Waals surface area (Å²) in [6, 6.07) is 7.94. The molecule has 4 nitrogen and oxygen atoms in total. The number of rotatable bonds is 0. The number of imidazole rings is 1. The van der Waals surface area contributed by atoms with Gasteiger partial charge in [-0.15, -0.1) is 0 Å². The zero-order chi connectivity index (χ0) is 9.68. The van der Waals surface area contributed by atoms with Gasteiger partial charge in [0.05, 0.1) is 17.4 Å². The fourth-order valence-electron chi connectivity index (χ4n) is 0.880. The fraction of sp³-hybridized carbons (Fsp3) is 0.125. The van der Waals surface area contributed by atoms with Gasteiger partial charge in [0.1, 0.15) is 10.7 Å². The molecule has 0 fully saturated rings. The zero-order valence-electron chi connectivity index (χ0n) is 7.10. The SMILES string of the molecule is C[SH](=O)=O.c1ccc2[nH]cnc2c1. The number of benzene rings is 1. The van der Waals surface area contributed by atoms with E-state index in [0.717, 1.165) is 17.3 Å². The van der Waals surface area contributed by atoms with Crippen LogP contribution in [0.4, 0.5) is 0 Å². The minimum absolute atomic E-state index is 1.03. The van der Waals surface area contributed by atoms with Crippen LogP contribution in [0.25, 0.3) is 11.0 Å². The van der Waals surface area contributed by atoms with Crippen LogP contribution in [0.1, 0.15) is 0 Å². The molecule has 0 aliphatic rings. The molecule has 0 bridgehead atoms. The van der Waals surface area contributed by atoms with E-state index in [1.165, 1.54) is 0 Å². The van der Waals surface area contributed by atoms with E-state index < -0.39 is 10.7 Å². The monoisotopic (exact) mass is 198 g/mol. The van der Waals surface area contributed by atoms with Gasteiger partial charge in [0.2, 0.25) is 0 Å². The van der Waals surface area contributed by atoms with Crippen LogP contribution in [-0.2, 0) is 10.7 Å². The van der Waals surface area contributed by atoms with Crippen molar-refractivity contribution in [1.82, 2.24) is 9.97 Å². The number of thiol groups is 1. The Morgan fingerprint density at radius 1 is 1.31 bits per heavy atom. The minimum atomic E-state index is -2.12. The summed E-state index contributed by atoms with van der Waals surface area (Å²) in [5.74, 6) is 0. The van der Waals surface area contributed by atoms with E-state index in [2.05, 4.69) is 9.97 Å². The van der Waals surface area contributed by atoms with Crippen molar-refractivity contribution in [3.05, 3.63) is 30.6 Å². The quantitative estimate of drug-likeness (QED) is 0.615. The Labute approximate surface area is 77.6 Å². The highest BCUT2D eigenvalue weighted by atomic mass is 32.2. The van der Waals surface area contributed by atoms with Gasteiger partial charge in [-0.05, 0) is 12.1 Å². The summed E-state index contributed by atoms with van der Waals surface area (Å²) in [5, 5.41) is 0. The molecule has 0 spiro atoms. The van der Waals surface area contributed by atoms with Crippen molar-refractivity contribution in [3.8, 4) is 0 Å². The number of hydrogen-bond acceptors (Lipinski definition) is 3. The van der Waals surface area contributed by atoms with E-state index in [9.17, 15) is 0 Å². The van der Waals surface area contributed by atoms with Crippen LogP contribution in [-0.4, -0.2) is 24.6 Å². The van der Waals surface area contributed by atoms with Crippen LogP contribution in [0, 0.1) is 0 Å². The summed E-state index contributed by atoms with van der Waals surface area (Å²) >= 11 is 0. The molecule has 0 aliphatic heterocycles. The van der Waals surface area contributed by atoms with Crippen molar-refractivity contribution in [3.63, 3.8) is 0 Å². The Morgan fingerprint density at radius 2 is 1.92 bits per heavy atom. The van der Waals surface area contributed by atoms with Gasteiger partial charge in [0.25, 0.3) is 0 Å². The molecular weight excluding hydrogens is 188 g/mol. The maximum absolute atomic E-state index is 9.04. The van der Waals surface area contributed by atoms with Crippen molar-refractivity contribution in [2.75, 3.05) is 6.26 Å². The van der Waals surface area contributed by atoms with Gasteiger partial charge in [-0.25, -0.2) is 13.4 Å². The standard InChI is InChI=1S/C7H6N2.CH4O2S/c1-2-4-7-6(3-1)8-5-9-7;1-4(2)3/h1-5H,(H,8,9);4H,1H3. The van der Waals surface area contributed by atoms with Crippen molar-refractivity contribution in [1.29, 1.82) is 0 Å². The molecule has 0 atom stereocenters. The molecule has 13 heavy (non-hydrogen) atoms. The fourth-order valence-corrected chi connectivity index (χ4v) is 0.880. The second-order valence-electron chi connectivity index (χ2n) is 2.36. The van der Waals surface area contributed by atoms with Crippen molar-refractivity contribution in [2.24, 2.45) is 0 Å². The molecule has 0 amide bonds. The van der Waals surface area contributed by atoms with Crippen molar-refractivity contribution >= 4 is 21.7 Å². The molecule has 0 radical (unpaired) electrons. The van der Waals surface area contributed by atoms with Gasteiger partial charge in [0, 0.05) is 6.26 Å². The smallest absolute Gasteiger partial charge is 0.137 e. The summed E-state index contributed by atoms with van der Waals surface area (Å²) in [6.45, 7) is 0. The molecule has 1 N–H and O–H groups in total. The van der Waals surface area contributed by atoms with E-state index in [4.69, 9.17) is 8.42 Å². The molecular formula is C8H10N2O2S. The molecule has 1 heterocycles. The van der Waals surface area contributed by atoms with Gasteiger partial charge in [-0.3, -0.25) is 0 Å². The topological polar surface area (TPSA) is 62.8 Å². The maximum Gasteiger partial charge on any atom is 0.137 e. The van der Waals surface area contributed by atoms with Crippen LogP contribution in [0.15, 0.2) is 30.6 Å². The van der Waals surface area contributed by atoms with Gasteiger partial charge in [0.15, 0.2) is 0 Å². The van der Waals surface area contributed by atoms with E-state index >= 15 is 0 Å². The molecule has 0 saturated heterocycles. The normalized spacial score (nSPS) is 9.69. The number of nitrogens with one attached hydrogen (secondary N) is 1. The van der Waals surface area contributed by atoms with Crippen LogP contribution < -0.4 is 0 Å².